The van der Waals surface area contributed by atoms with Gasteiger partial charge in [0.15, 0.2) is 0 Å². The van der Waals surface area contributed by atoms with Crippen LogP contribution in [0.25, 0.3) is 0 Å². The van der Waals surface area contributed by atoms with E-state index in [1.54, 1.807) is 6.92 Å². The molecule has 0 atom stereocenters. The van der Waals surface area contributed by atoms with E-state index in [1.165, 1.54) is 5.57 Å². The summed E-state index contributed by atoms with van der Waals surface area (Å²) in [4.78, 5) is 0. The van der Waals surface area contributed by atoms with E-state index < -0.39 is 0 Å². The summed E-state index contributed by atoms with van der Waals surface area (Å²) in [5, 5.41) is 7.14. The van der Waals surface area contributed by atoms with Crippen LogP contribution in [0.1, 0.15) is 27.7 Å². The highest BCUT2D eigenvalue weighted by atomic mass is 14.4. The van der Waals surface area contributed by atoms with E-state index in [0.29, 0.717) is 11.6 Å². The Morgan fingerprint density at radius 3 is 1.89 bits per heavy atom. The Balaban J connectivity index is 4.00. The monoisotopic (exact) mass is 125 g/mol. The molecule has 0 bridgehead atoms. The first kappa shape index (κ1) is 8.41. The third-order valence-corrected chi connectivity index (χ3v) is 1.35. The minimum atomic E-state index is 0.574. The summed E-state index contributed by atoms with van der Waals surface area (Å²) in [7, 11) is 0. The number of hydrogen-bond acceptors (Lipinski definition) is 1. The molecule has 0 amide bonds. The lowest BCUT2D eigenvalue weighted by Gasteiger charge is -2.02. The maximum absolute atomic E-state index is 7.14. The molecule has 0 saturated carbocycles. The molecule has 0 radical (unpaired) electrons. The van der Waals surface area contributed by atoms with Crippen LogP contribution >= 0.6 is 0 Å². The van der Waals surface area contributed by atoms with Crippen molar-refractivity contribution in [3.05, 3.63) is 11.6 Å². The highest BCUT2D eigenvalue weighted by Gasteiger charge is 1.94. The molecule has 0 fully saturated rings. The average Bonchev–Trinajstić information content (AvgIpc) is 1.63. The molecule has 0 aliphatic rings. The van der Waals surface area contributed by atoms with Gasteiger partial charge in [0.1, 0.15) is 0 Å². The highest BCUT2D eigenvalue weighted by Crippen LogP contribution is 2.06. The zero-order valence-electron chi connectivity index (χ0n) is 6.65. The summed E-state index contributed by atoms with van der Waals surface area (Å²) in [6.07, 6.45) is 1.91. The summed E-state index contributed by atoms with van der Waals surface area (Å²) in [6, 6.07) is 0. The second kappa shape index (κ2) is 3.44. The van der Waals surface area contributed by atoms with Gasteiger partial charge >= 0.3 is 0 Å². The molecule has 0 heterocycles. The maximum Gasteiger partial charge on any atom is 0.0282 e. The third-order valence-electron chi connectivity index (χ3n) is 1.35. The van der Waals surface area contributed by atoms with E-state index in [-0.39, 0.29) is 0 Å². The van der Waals surface area contributed by atoms with Crippen molar-refractivity contribution in [2.24, 2.45) is 5.92 Å². The van der Waals surface area contributed by atoms with Crippen molar-refractivity contribution in [3.8, 4) is 0 Å². The fourth-order valence-corrected chi connectivity index (χ4v) is 0.508. The lowest BCUT2D eigenvalue weighted by molar-refractivity contribution is 0.770. The fraction of sp³-hybridized carbons (Fsp3) is 0.625. The van der Waals surface area contributed by atoms with Gasteiger partial charge in [0, 0.05) is 5.71 Å². The van der Waals surface area contributed by atoms with Crippen LogP contribution in [-0.2, 0) is 0 Å². The zero-order chi connectivity index (χ0) is 7.44. The van der Waals surface area contributed by atoms with Crippen molar-refractivity contribution >= 4 is 5.71 Å². The molecule has 0 aromatic heterocycles. The molecule has 0 rings (SSSR count). The third kappa shape index (κ3) is 3.95. The van der Waals surface area contributed by atoms with Crippen LogP contribution in [0.2, 0.25) is 0 Å². The minimum Gasteiger partial charge on any atom is -0.306 e. The van der Waals surface area contributed by atoms with Gasteiger partial charge in [-0.3, -0.25) is 0 Å². The van der Waals surface area contributed by atoms with E-state index in [9.17, 15) is 0 Å². The number of allylic oxidation sites excluding steroid dienone is 2. The summed E-state index contributed by atoms with van der Waals surface area (Å²) >= 11 is 0. The first-order valence-electron chi connectivity index (χ1n) is 3.27. The molecule has 0 saturated heterocycles. The first-order valence-corrected chi connectivity index (χ1v) is 3.27. The zero-order valence-corrected chi connectivity index (χ0v) is 6.65. The molecule has 0 aromatic rings. The van der Waals surface area contributed by atoms with E-state index >= 15 is 0 Å². The molecule has 52 valence electrons. The maximum atomic E-state index is 7.14. The summed E-state index contributed by atoms with van der Waals surface area (Å²) < 4.78 is 0. The van der Waals surface area contributed by atoms with Crippen LogP contribution in [0.4, 0.5) is 0 Å². The van der Waals surface area contributed by atoms with E-state index in [2.05, 4.69) is 20.8 Å². The lowest BCUT2D eigenvalue weighted by atomic mass is 10.0. The molecule has 1 N–H and O–H groups in total. The molecule has 1 nitrogen and oxygen atoms in total. The summed E-state index contributed by atoms with van der Waals surface area (Å²) in [5.41, 5.74) is 1.92. The Hall–Kier alpha value is -0.590. The Kier molecular flexibility index (Phi) is 3.21. The van der Waals surface area contributed by atoms with Crippen molar-refractivity contribution in [1.82, 2.24) is 0 Å². The van der Waals surface area contributed by atoms with Crippen LogP contribution < -0.4 is 0 Å². The molecule has 9 heavy (non-hydrogen) atoms. The van der Waals surface area contributed by atoms with Crippen molar-refractivity contribution in [3.63, 3.8) is 0 Å². The SMILES string of the molecule is CC(=N)/C=C(\C)C(C)C. The quantitative estimate of drug-likeness (QED) is 0.548. The van der Waals surface area contributed by atoms with Gasteiger partial charge in [0.25, 0.3) is 0 Å². The predicted octanol–water partition coefficient (Wildman–Crippen LogP) is 2.63. The Bertz CT molecular complexity index is 132. The Labute approximate surface area is 57.3 Å². The second-order valence-electron chi connectivity index (χ2n) is 2.73. The lowest BCUT2D eigenvalue weighted by Crippen LogP contribution is -1.91. The molecule has 1 heteroatoms. The van der Waals surface area contributed by atoms with Crippen molar-refractivity contribution in [2.45, 2.75) is 27.7 Å². The normalized spacial score (nSPS) is 12.3. The standard InChI is InChI=1S/C8H15N/c1-6(2)7(3)5-8(4)9/h5-6,9H,1-4H3/b7-5+,9-8?. The van der Waals surface area contributed by atoms with Gasteiger partial charge < -0.3 is 5.41 Å². The van der Waals surface area contributed by atoms with E-state index in [1.807, 2.05) is 6.08 Å². The Morgan fingerprint density at radius 2 is 1.78 bits per heavy atom. The van der Waals surface area contributed by atoms with Gasteiger partial charge in [0.05, 0.1) is 0 Å². The van der Waals surface area contributed by atoms with Gasteiger partial charge in [-0.2, -0.15) is 0 Å². The number of hydrogen-bond donors (Lipinski definition) is 1. The molecule has 0 aliphatic heterocycles. The smallest absolute Gasteiger partial charge is 0.0282 e. The van der Waals surface area contributed by atoms with Crippen molar-refractivity contribution < 1.29 is 0 Å². The van der Waals surface area contributed by atoms with Crippen LogP contribution in [0.3, 0.4) is 0 Å². The molecule has 0 unspecified atom stereocenters. The minimum absolute atomic E-state index is 0.574. The summed E-state index contributed by atoms with van der Waals surface area (Å²) in [6.45, 7) is 8.12. The van der Waals surface area contributed by atoms with Crippen molar-refractivity contribution in [1.29, 1.82) is 5.41 Å². The van der Waals surface area contributed by atoms with Crippen LogP contribution in [0.5, 0.6) is 0 Å². The van der Waals surface area contributed by atoms with Gasteiger partial charge in [-0.05, 0) is 25.8 Å². The van der Waals surface area contributed by atoms with Crippen molar-refractivity contribution in [2.75, 3.05) is 0 Å². The molecule has 0 aliphatic carbocycles. The Morgan fingerprint density at radius 1 is 1.33 bits per heavy atom. The number of rotatable bonds is 2. The molecule has 0 aromatic carbocycles. The average molecular weight is 125 g/mol. The van der Waals surface area contributed by atoms with Gasteiger partial charge in [-0.1, -0.05) is 19.4 Å². The second-order valence-corrected chi connectivity index (χ2v) is 2.73. The van der Waals surface area contributed by atoms with Gasteiger partial charge in [0.2, 0.25) is 0 Å². The first-order chi connectivity index (χ1) is 4.04. The molecular weight excluding hydrogens is 110 g/mol. The number of nitrogens with one attached hydrogen (secondary N) is 1. The van der Waals surface area contributed by atoms with Crippen LogP contribution in [0, 0.1) is 11.3 Å². The van der Waals surface area contributed by atoms with E-state index in [0.717, 1.165) is 0 Å². The highest BCUT2D eigenvalue weighted by molar-refractivity contribution is 5.90. The molecular formula is C8H15N. The van der Waals surface area contributed by atoms with Crippen LogP contribution in [0.15, 0.2) is 11.6 Å². The van der Waals surface area contributed by atoms with Gasteiger partial charge in [-0.15, -0.1) is 0 Å². The predicted molar refractivity (Wildman–Crippen MR) is 42.0 cm³/mol. The summed E-state index contributed by atoms with van der Waals surface area (Å²) in [5.74, 6) is 0.574. The fourth-order valence-electron chi connectivity index (χ4n) is 0.508. The largest absolute Gasteiger partial charge is 0.306 e. The van der Waals surface area contributed by atoms with E-state index in [4.69, 9.17) is 5.41 Å². The van der Waals surface area contributed by atoms with Crippen LogP contribution in [-0.4, -0.2) is 5.71 Å². The molecule has 0 spiro atoms. The topological polar surface area (TPSA) is 23.9 Å². The van der Waals surface area contributed by atoms with Gasteiger partial charge in [-0.25, -0.2) is 0 Å².